The Balaban J connectivity index is 0.00000106. The van der Waals surface area contributed by atoms with E-state index in [-0.39, 0.29) is 0 Å². The van der Waals surface area contributed by atoms with Crippen molar-refractivity contribution < 1.29 is 0 Å². The quantitative estimate of drug-likeness (QED) is 0.685. The van der Waals surface area contributed by atoms with Gasteiger partial charge in [-0.05, 0) is 60.8 Å². The van der Waals surface area contributed by atoms with Gasteiger partial charge in [-0.3, -0.25) is 0 Å². The highest BCUT2D eigenvalue weighted by atomic mass is 14.1. The zero-order valence-electron chi connectivity index (χ0n) is 14.1. The first kappa shape index (κ1) is 17.2. The molecule has 1 aliphatic carbocycles. The van der Waals surface area contributed by atoms with E-state index >= 15 is 0 Å². The Morgan fingerprint density at radius 2 is 1.81 bits per heavy atom. The van der Waals surface area contributed by atoms with Gasteiger partial charge in [-0.1, -0.05) is 68.5 Å². The SMILES string of the molecule is CC.C\C=C/C1=C/C=C/CC/C=c2/cc/c(=C/C)c1c2C. The van der Waals surface area contributed by atoms with E-state index in [1.54, 1.807) is 0 Å². The topological polar surface area (TPSA) is 0 Å². The van der Waals surface area contributed by atoms with Gasteiger partial charge < -0.3 is 0 Å². The van der Waals surface area contributed by atoms with Gasteiger partial charge >= 0.3 is 0 Å². The van der Waals surface area contributed by atoms with Crippen LogP contribution in [0, 0.1) is 6.92 Å². The largest absolute Gasteiger partial charge is 0.0870 e. The molecule has 0 atom stereocenters. The molecule has 0 saturated heterocycles. The van der Waals surface area contributed by atoms with Crippen LogP contribution in [0.5, 0.6) is 0 Å². The van der Waals surface area contributed by atoms with E-state index in [4.69, 9.17) is 0 Å². The molecule has 21 heavy (non-hydrogen) atoms. The Labute approximate surface area is 129 Å². The summed E-state index contributed by atoms with van der Waals surface area (Å²) in [6.07, 6.45) is 17.7. The first-order valence-electron chi connectivity index (χ1n) is 8.04. The second-order valence-corrected chi connectivity index (χ2v) is 4.86. The number of rotatable bonds is 1. The fourth-order valence-electron chi connectivity index (χ4n) is 2.60. The van der Waals surface area contributed by atoms with Crippen LogP contribution in [0.1, 0.15) is 51.7 Å². The molecule has 0 nitrogen and oxygen atoms in total. The maximum Gasteiger partial charge on any atom is -0.00797 e. The van der Waals surface area contributed by atoms with Gasteiger partial charge in [-0.15, -0.1) is 0 Å². The molecule has 0 unspecified atom stereocenters. The van der Waals surface area contributed by atoms with Crippen molar-refractivity contribution in [2.45, 2.75) is 47.5 Å². The van der Waals surface area contributed by atoms with Crippen molar-refractivity contribution in [3.8, 4) is 0 Å². The third-order valence-electron chi connectivity index (χ3n) is 3.59. The smallest absolute Gasteiger partial charge is 0.00797 e. The van der Waals surface area contributed by atoms with Gasteiger partial charge in [0.2, 0.25) is 0 Å². The van der Waals surface area contributed by atoms with Gasteiger partial charge in [0.05, 0.1) is 0 Å². The van der Waals surface area contributed by atoms with Gasteiger partial charge in [0.1, 0.15) is 0 Å². The molecule has 2 rings (SSSR count). The summed E-state index contributed by atoms with van der Waals surface area (Å²) in [5, 5.41) is 2.68. The third kappa shape index (κ3) is 4.32. The van der Waals surface area contributed by atoms with Crippen molar-refractivity contribution in [3.63, 3.8) is 0 Å². The summed E-state index contributed by atoms with van der Waals surface area (Å²) < 4.78 is 0. The molecule has 0 fully saturated rings. The number of hydrogen-bond donors (Lipinski definition) is 0. The van der Waals surface area contributed by atoms with Crippen molar-refractivity contribution in [1.82, 2.24) is 0 Å². The molecule has 0 aromatic heterocycles. The molecule has 0 saturated carbocycles. The average molecular weight is 280 g/mol. The Morgan fingerprint density at radius 1 is 1.05 bits per heavy atom. The molecule has 1 aliphatic rings. The van der Waals surface area contributed by atoms with Gasteiger partial charge in [0.25, 0.3) is 0 Å². The second-order valence-electron chi connectivity index (χ2n) is 4.86. The summed E-state index contributed by atoms with van der Waals surface area (Å²) in [6.45, 7) is 10.4. The third-order valence-corrected chi connectivity index (χ3v) is 3.59. The van der Waals surface area contributed by atoms with Gasteiger partial charge in [-0.25, -0.2) is 0 Å². The van der Waals surface area contributed by atoms with E-state index in [2.05, 4.69) is 75.4 Å². The summed E-state index contributed by atoms with van der Waals surface area (Å²) in [6, 6.07) is 4.48. The van der Waals surface area contributed by atoms with Crippen LogP contribution in [-0.4, -0.2) is 0 Å². The highest BCUT2D eigenvalue weighted by molar-refractivity contribution is 5.78. The minimum Gasteiger partial charge on any atom is -0.0870 e. The van der Waals surface area contributed by atoms with Gasteiger partial charge in [0.15, 0.2) is 0 Å². The molecular formula is C21H28. The molecule has 0 spiro atoms. The standard InChI is InChI=1S/C19H22.C2H6/c1-4-10-18-12-9-7-6-8-11-17-14-13-16(5-2)19(18)15(17)3;1-2/h4-5,7,9-14H,6,8H2,1-3H3;1-2H3/b9-7+,10-4-,16-5-,17-11-,18-12-;. The highest BCUT2D eigenvalue weighted by Gasteiger charge is 2.05. The Kier molecular flexibility index (Phi) is 7.53. The van der Waals surface area contributed by atoms with Crippen LogP contribution in [0.4, 0.5) is 0 Å². The Bertz CT molecular complexity index is 652. The van der Waals surface area contributed by atoms with Gasteiger partial charge in [0, 0.05) is 0 Å². The molecule has 0 aliphatic heterocycles. The summed E-state index contributed by atoms with van der Waals surface area (Å²) >= 11 is 0. The van der Waals surface area contributed by atoms with Crippen molar-refractivity contribution in [3.05, 3.63) is 64.1 Å². The average Bonchev–Trinajstić information content (AvgIpc) is 2.51. The van der Waals surface area contributed by atoms with Crippen molar-refractivity contribution >= 4 is 17.7 Å². The van der Waals surface area contributed by atoms with Gasteiger partial charge in [-0.2, -0.15) is 0 Å². The lowest BCUT2D eigenvalue weighted by atomic mass is 9.94. The van der Waals surface area contributed by atoms with E-state index in [1.165, 1.54) is 27.1 Å². The monoisotopic (exact) mass is 280 g/mol. The first-order valence-corrected chi connectivity index (χ1v) is 8.04. The van der Waals surface area contributed by atoms with E-state index in [0.717, 1.165) is 12.8 Å². The molecule has 0 N–H and O–H groups in total. The molecule has 1 aromatic carbocycles. The molecule has 112 valence electrons. The number of hydrogen-bond acceptors (Lipinski definition) is 0. The fourth-order valence-corrected chi connectivity index (χ4v) is 2.60. The van der Waals surface area contributed by atoms with Crippen LogP contribution >= 0.6 is 0 Å². The summed E-state index contributed by atoms with van der Waals surface area (Å²) in [5.74, 6) is 0. The molecule has 1 aromatic rings. The van der Waals surface area contributed by atoms with E-state index < -0.39 is 0 Å². The lowest BCUT2D eigenvalue weighted by Gasteiger charge is -2.10. The zero-order chi connectivity index (χ0) is 15.7. The van der Waals surface area contributed by atoms with Crippen molar-refractivity contribution in [2.24, 2.45) is 0 Å². The summed E-state index contributed by atoms with van der Waals surface area (Å²) in [5.41, 5.74) is 4.04. The first-order chi connectivity index (χ1) is 10.3. The minimum absolute atomic E-state index is 1.11. The lowest BCUT2D eigenvalue weighted by molar-refractivity contribution is 1.09. The lowest BCUT2D eigenvalue weighted by Crippen LogP contribution is -2.19. The van der Waals surface area contributed by atoms with Crippen molar-refractivity contribution in [1.29, 1.82) is 0 Å². The molecule has 2 bridgehead atoms. The zero-order valence-corrected chi connectivity index (χ0v) is 14.1. The normalized spacial score (nSPS) is 20.7. The van der Waals surface area contributed by atoms with Crippen LogP contribution < -0.4 is 10.4 Å². The molecule has 0 radical (unpaired) electrons. The maximum atomic E-state index is 2.35. The summed E-state index contributed by atoms with van der Waals surface area (Å²) in [7, 11) is 0. The molecule has 0 heterocycles. The predicted octanol–water partition coefficient (Wildman–Crippen LogP) is 4.91. The molecule has 0 amide bonds. The van der Waals surface area contributed by atoms with Crippen molar-refractivity contribution in [2.75, 3.05) is 0 Å². The highest BCUT2D eigenvalue weighted by Crippen LogP contribution is 2.16. The summed E-state index contributed by atoms with van der Waals surface area (Å²) in [4.78, 5) is 0. The number of benzene rings is 1. The van der Waals surface area contributed by atoms with Crippen LogP contribution in [0.25, 0.3) is 17.7 Å². The van der Waals surface area contributed by atoms with Crippen LogP contribution in [-0.2, 0) is 0 Å². The Morgan fingerprint density at radius 3 is 2.48 bits per heavy atom. The van der Waals surface area contributed by atoms with Crippen LogP contribution in [0.2, 0.25) is 0 Å². The van der Waals surface area contributed by atoms with Crippen LogP contribution in [0.3, 0.4) is 0 Å². The Hall–Kier alpha value is -1.82. The predicted molar refractivity (Wildman–Crippen MR) is 97.5 cm³/mol. The maximum absolute atomic E-state index is 2.35. The van der Waals surface area contributed by atoms with E-state index in [9.17, 15) is 0 Å². The second kappa shape index (κ2) is 9.18. The number of allylic oxidation sites excluding steroid dienone is 6. The number of fused-ring (bicyclic) bond motifs is 2. The van der Waals surface area contributed by atoms with Crippen LogP contribution in [0.15, 0.2) is 42.5 Å². The molecule has 0 heteroatoms. The van der Waals surface area contributed by atoms with E-state index in [0.29, 0.717) is 0 Å². The molecular weight excluding hydrogens is 252 g/mol. The van der Waals surface area contributed by atoms with E-state index in [1.807, 2.05) is 13.8 Å². The fraction of sp³-hybridized carbons (Fsp3) is 0.333. The minimum atomic E-state index is 1.11.